The predicted octanol–water partition coefficient (Wildman–Crippen LogP) is 3.43. The second-order valence-corrected chi connectivity index (χ2v) is 4.07. The van der Waals surface area contributed by atoms with Gasteiger partial charge in [-0.15, -0.1) is 6.58 Å². The van der Waals surface area contributed by atoms with Gasteiger partial charge >= 0.3 is 0 Å². The lowest BCUT2D eigenvalue weighted by Gasteiger charge is -2.19. The molecule has 0 bridgehead atoms. The SMILES string of the molecule is C=CCCCCCNC1CC=CCC1. The lowest BCUT2D eigenvalue weighted by molar-refractivity contribution is 0.463. The Balaban J connectivity index is 1.88. The van der Waals surface area contributed by atoms with Crippen LogP contribution in [-0.2, 0) is 0 Å². The van der Waals surface area contributed by atoms with Crippen LogP contribution < -0.4 is 5.32 Å². The lowest BCUT2D eigenvalue weighted by Crippen LogP contribution is -2.30. The number of unbranched alkanes of at least 4 members (excludes halogenated alkanes) is 3. The first kappa shape index (κ1) is 11.5. The molecule has 0 aromatic rings. The van der Waals surface area contributed by atoms with E-state index in [1.54, 1.807) is 0 Å². The fourth-order valence-electron chi connectivity index (χ4n) is 1.88. The molecule has 14 heavy (non-hydrogen) atoms. The van der Waals surface area contributed by atoms with Crippen molar-refractivity contribution in [1.29, 1.82) is 0 Å². The van der Waals surface area contributed by atoms with E-state index in [4.69, 9.17) is 0 Å². The minimum atomic E-state index is 0.749. The highest BCUT2D eigenvalue weighted by molar-refractivity contribution is 4.92. The molecule has 0 saturated heterocycles. The van der Waals surface area contributed by atoms with Crippen LogP contribution in [0.15, 0.2) is 24.8 Å². The molecule has 1 aliphatic rings. The highest BCUT2D eigenvalue weighted by atomic mass is 14.9. The predicted molar refractivity (Wildman–Crippen MR) is 63.4 cm³/mol. The minimum Gasteiger partial charge on any atom is -0.314 e. The summed E-state index contributed by atoms with van der Waals surface area (Å²) in [6, 6.07) is 0.749. The highest BCUT2D eigenvalue weighted by Crippen LogP contribution is 2.10. The maximum Gasteiger partial charge on any atom is 0.0104 e. The van der Waals surface area contributed by atoms with E-state index in [9.17, 15) is 0 Å². The summed E-state index contributed by atoms with van der Waals surface area (Å²) >= 11 is 0. The van der Waals surface area contributed by atoms with Crippen LogP contribution in [0.4, 0.5) is 0 Å². The summed E-state index contributed by atoms with van der Waals surface area (Å²) in [6.45, 7) is 4.92. The highest BCUT2D eigenvalue weighted by Gasteiger charge is 2.07. The zero-order valence-electron chi connectivity index (χ0n) is 9.17. The van der Waals surface area contributed by atoms with Gasteiger partial charge in [0.05, 0.1) is 0 Å². The first-order chi connectivity index (χ1) is 6.93. The van der Waals surface area contributed by atoms with E-state index in [0.29, 0.717) is 0 Å². The third kappa shape index (κ3) is 5.23. The molecular weight excluding hydrogens is 170 g/mol. The van der Waals surface area contributed by atoms with E-state index >= 15 is 0 Å². The molecule has 1 heteroatoms. The van der Waals surface area contributed by atoms with Crippen LogP contribution in [0.2, 0.25) is 0 Å². The van der Waals surface area contributed by atoms with Gasteiger partial charge in [-0.3, -0.25) is 0 Å². The quantitative estimate of drug-likeness (QED) is 0.482. The monoisotopic (exact) mass is 193 g/mol. The van der Waals surface area contributed by atoms with E-state index in [-0.39, 0.29) is 0 Å². The maximum atomic E-state index is 3.73. The van der Waals surface area contributed by atoms with Gasteiger partial charge in [0.1, 0.15) is 0 Å². The lowest BCUT2D eigenvalue weighted by atomic mass is 10.0. The van der Waals surface area contributed by atoms with Crippen molar-refractivity contribution in [2.24, 2.45) is 0 Å². The third-order valence-corrected chi connectivity index (χ3v) is 2.79. The van der Waals surface area contributed by atoms with Crippen LogP contribution in [0.25, 0.3) is 0 Å². The number of hydrogen-bond acceptors (Lipinski definition) is 1. The minimum absolute atomic E-state index is 0.749. The average molecular weight is 193 g/mol. The van der Waals surface area contributed by atoms with Crippen molar-refractivity contribution >= 4 is 0 Å². The van der Waals surface area contributed by atoms with E-state index < -0.39 is 0 Å². The number of allylic oxidation sites excluding steroid dienone is 2. The average Bonchev–Trinajstić information content (AvgIpc) is 2.25. The molecule has 0 spiro atoms. The van der Waals surface area contributed by atoms with Crippen molar-refractivity contribution in [3.05, 3.63) is 24.8 Å². The molecule has 1 atom stereocenters. The van der Waals surface area contributed by atoms with Crippen LogP contribution in [0.3, 0.4) is 0 Å². The Morgan fingerprint density at radius 3 is 2.93 bits per heavy atom. The summed E-state index contributed by atoms with van der Waals surface area (Å²) in [5.74, 6) is 0. The molecule has 0 aliphatic heterocycles. The van der Waals surface area contributed by atoms with Crippen molar-refractivity contribution < 1.29 is 0 Å². The maximum absolute atomic E-state index is 3.73. The normalized spacial score (nSPS) is 21.0. The van der Waals surface area contributed by atoms with Gasteiger partial charge < -0.3 is 5.32 Å². The molecule has 0 aromatic carbocycles. The van der Waals surface area contributed by atoms with Crippen molar-refractivity contribution in [1.82, 2.24) is 5.32 Å². The Morgan fingerprint density at radius 1 is 1.29 bits per heavy atom. The largest absolute Gasteiger partial charge is 0.314 e. The zero-order valence-corrected chi connectivity index (χ0v) is 9.17. The van der Waals surface area contributed by atoms with Crippen molar-refractivity contribution in [3.8, 4) is 0 Å². The van der Waals surface area contributed by atoms with Gasteiger partial charge in [-0.1, -0.05) is 24.6 Å². The van der Waals surface area contributed by atoms with Gasteiger partial charge in [0.2, 0.25) is 0 Å². The van der Waals surface area contributed by atoms with Gasteiger partial charge in [0.15, 0.2) is 0 Å². The summed E-state index contributed by atoms with van der Waals surface area (Å²) in [5.41, 5.74) is 0. The molecule has 0 amide bonds. The van der Waals surface area contributed by atoms with Crippen LogP contribution >= 0.6 is 0 Å². The van der Waals surface area contributed by atoms with Gasteiger partial charge in [-0.05, 0) is 45.1 Å². The topological polar surface area (TPSA) is 12.0 Å². The van der Waals surface area contributed by atoms with Gasteiger partial charge in [0.25, 0.3) is 0 Å². The summed E-state index contributed by atoms with van der Waals surface area (Å²) in [7, 11) is 0. The molecule has 1 nitrogen and oxygen atoms in total. The summed E-state index contributed by atoms with van der Waals surface area (Å²) in [4.78, 5) is 0. The summed E-state index contributed by atoms with van der Waals surface area (Å²) in [5, 5.41) is 3.62. The van der Waals surface area contributed by atoms with Crippen molar-refractivity contribution in [2.75, 3.05) is 6.54 Å². The fraction of sp³-hybridized carbons (Fsp3) is 0.692. The van der Waals surface area contributed by atoms with Crippen LogP contribution in [0.5, 0.6) is 0 Å². The molecule has 1 N–H and O–H groups in total. The molecule has 0 saturated carbocycles. The molecular formula is C13H23N. The van der Waals surface area contributed by atoms with Gasteiger partial charge in [-0.25, -0.2) is 0 Å². The smallest absolute Gasteiger partial charge is 0.0104 e. The van der Waals surface area contributed by atoms with Crippen LogP contribution in [0.1, 0.15) is 44.9 Å². The van der Waals surface area contributed by atoms with Crippen LogP contribution in [-0.4, -0.2) is 12.6 Å². The number of hydrogen-bond donors (Lipinski definition) is 1. The molecule has 0 heterocycles. The Bertz CT molecular complexity index is 172. The molecule has 0 aromatic heterocycles. The molecule has 0 fully saturated rings. The standard InChI is InChI=1S/C13H23N/c1-2-3-4-5-9-12-14-13-10-7-6-8-11-13/h2,6-7,13-14H,1,3-5,8-12H2. The van der Waals surface area contributed by atoms with E-state index in [0.717, 1.165) is 6.04 Å². The molecule has 80 valence electrons. The molecule has 1 aliphatic carbocycles. The van der Waals surface area contributed by atoms with Gasteiger partial charge in [-0.2, -0.15) is 0 Å². The Kier molecular flexibility index (Phi) is 6.42. The van der Waals surface area contributed by atoms with E-state index in [2.05, 4.69) is 24.0 Å². The molecule has 0 radical (unpaired) electrons. The number of nitrogens with one attached hydrogen (secondary N) is 1. The van der Waals surface area contributed by atoms with Crippen LogP contribution in [0, 0.1) is 0 Å². The third-order valence-electron chi connectivity index (χ3n) is 2.79. The van der Waals surface area contributed by atoms with Gasteiger partial charge in [0, 0.05) is 6.04 Å². The summed E-state index contributed by atoms with van der Waals surface area (Å²) in [6.07, 6.45) is 15.5. The fourth-order valence-corrected chi connectivity index (χ4v) is 1.88. The molecule has 1 unspecified atom stereocenters. The Hall–Kier alpha value is -0.560. The first-order valence-electron chi connectivity index (χ1n) is 5.93. The second kappa shape index (κ2) is 7.81. The van der Waals surface area contributed by atoms with E-state index in [1.165, 1.54) is 51.5 Å². The Labute approximate surface area is 88.3 Å². The first-order valence-corrected chi connectivity index (χ1v) is 5.93. The zero-order chi connectivity index (χ0) is 10.1. The summed E-state index contributed by atoms with van der Waals surface area (Å²) < 4.78 is 0. The second-order valence-electron chi connectivity index (χ2n) is 4.07. The van der Waals surface area contributed by atoms with Crippen molar-refractivity contribution in [3.63, 3.8) is 0 Å². The van der Waals surface area contributed by atoms with E-state index in [1.807, 2.05) is 6.08 Å². The number of rotatable bonds is 7. The van der Waals surface area contributed by atoms with Crippen molar-refractivity contribution in [2.45, 2.75) is 51.0 Å². The Morgan fingerprint density at radius 2 is 2.21 bits per heavy atom. The molecule has 1 rings (SSSR count).